The van der Waals surface area contributed by atoms with E-state index in [1.165, 1.54) is 0 Å². The quantitative estimate of drug-likeness (QED) is 0.748. The molecule has 2 atom stereocenters. The molecule has 1 saturated heterocycles. The van der Waals surface area contributed by atoms with Gasteiger partial charge >= 0.3 is 0 Å². The van der Waals surface area contributed by atoms with E-state index in [0.29, 0.717) is 25.8 Å². The summed E-state index contributed by atoms with van der Waals surface area (Å²) >= 11 is 0. The van der Waals surface area contributed by atoms with Gasteiger partial charge in [0.05, 0.1) is 0 Å². The zero-order valence-corrected chi connectivity index (χ0v) is 11.2. The van der Waals surface area contributed by atoms with Crippen molar-refractivity contribution in [3.05, 3.63) is 0 Å². The van der Waals surface area contributed by atoms with E-state index >= 15 is 0 Å². The van der Waals surface area contributed by atoms with Crippen LogP contribution in [0.15, 0.2) is 0 Å². The number of carbonyl (C=O) groups excluding carboxylic acids is 2. The summed E-state index contributed by atoms with van der Waals surface area (Å²) in [6, 6.07) is -0.327. The van der Waals surface area contributed by atoms with Crippen molar-refractivity contribution in [1.29, 1.82) is 0 Å². The fraction of sp³-hybridized carbons (Fsp3) is 0.714. The first-order valence-corrected chi connectivity index (χ1v) is 6.67. The normalized spacial score (nSPS) is 22.1. The number of amides is 2. The number of terminal acetylenes is 1. The third-order valence-electron chi connectivity index (χ3n) is 3.34. The topological polar surface area (TPSA) is 49.4 Å². The van der Waals surface area contributed by atoms with E-state index in [-0.39, 0.29) is 23.9 Å². The maximum absolute atomic E-state index is 12.4. The summed E-state index contributed by atoms with van der Waals surface area (Å²) in [5.41, 5.74) is 0. The molecule has 4 heteroatoms. The zero-order valence-electron chi connectivity index (χ0n) is 11.2. The van der Waals surface area contributed by atoms with Crippen LogP contribution in [0.1, 0.15) is 46.0 Å². The van der Waals surface area contributed by atoms with Gasteiger partial charge in [-0.3, -0.25) is 9.59 Å². The van der Waals surface area contributed by atoms with Crippen LogP contribution in [0.25, 0.3) is 0 Å². The van der Waals surface area contributed by atoms with E-state index in [1.807, 2.05) is 13.8 Å². The van der Waals surface area contributed by atoms with Crippen molar-refractivity contribution in [2.75, 3.05) is 6.54 Å². The molecule has 1 aliphatic rings. The largest absolute Gasteiger partial charge is 0.344 e. The number of nitrogens with zero attached hydrogens (tertiary/aromatic N) is 1. The van der Waals surface area contributed by atoms with E-state index in [2.05, 4.69) is 11.2 Å². The van der Waals surface area contributed by atoms with Crippen LogP contribution >= 0.6 is 0 Å². The van der Waals surface area contributed by atoms with E-state index in [1.54, 1.807) is 4.90 Å². The predicted octanol–water partition coefficient (Wildman–Crippen LogP) is 1.31. The molecule has 0 aromatic heterocycles. The van der Waals surface area contributed by atoms with Crippen LogP contribution in [-0.2, 0) is 9.59 Å². The smallest absolute Gasteiger partial charge is 0.245 e. The van der Waals surface area contributed by atoms with Gasteiger partial charge in [0.1, 0.15) is 6.04 Å². The Morgan fingerprint density at radius 3 is 2.78 bits per heavy atom. The Morgan fingerprint density at radius 2 is 2.22 bits per heavy atom. The van der Waals surface area contributed by atoms with Gasteiger partial charge in [-0.15, -0.1) is 12.3 Å². The van der Waals surface area contributed by atoms with Crippen molar-refractivity contribution in [3.8, 4) is 12.3 Å². The lowest BCUT2D eigenvalue weighted by Gasteiger charge is -2.30. The van der Waals surface area contributed by atoms with E-state index in [0.717, 1.165) is 12.8 Å². The van der Waals surface area contributed by atoms with Crippen LogP contribution in [-0.4, -0.2) is 35.3 Å². The molecule has 0 bridgehead atoms. The Morgan fingerprint density at radius 1 is 1.50 bits per heavy atom. The first kappa shape index (κ1) is 14.6. The summed E-state index contributed by atoms with van der Waals surface area (Å²) in [5.74, 6) is 2.59. The fourth-order valence-electron chi connectivity index (χ4n) is 2.32. The molecule has 0 radical (unpaired) electrons. The van der Waals surface area contributed by atoms with Gasteiger partial charge in [0.15, 0.2) is 0 Å². The fourth-order valence-corrected chi connectivity index (χ4v) is 2.32. The lowest BCUT2D eigenvalue weighted by Crippen LogP contribution is -2.48. The minimum absolute atomic E-state index is 0.0183. The molecule has 1 N–H and O–H groups in total. The zero-order chi connectivity index (χ0) is 13.5. The summed E-state index contributed by atoms with van der Waals surface area (Å²) in [4.78, 5) is 25.8. The maximum atomic E-state index is 12.4. The highest BCUT2D eigenvalue weighted by Crippen LogP contribution is 2.15. The van der Waals surface area contributed by atoms with Gasteiger partial charge in [0.2, 0.25) is 11.8 Å². The summed E-state index contributed by atoms with van der Waals surface area (Å²) in [5, 5.41) is 2.80. The minimum Gasteiger partial charge on any atom is -0.344 e. The van der Waals surface area contributed by atoms with Crippen molar-refractivity contribution in [1.82, 2.24) is 10.2 Å². The van der Waals surface area contributed by atoms with Crippen molar-refractivity contribution in [2.45, 2.75) is 58.0 Å². The third kappa shape index (κ3) is 3.49. The molecule has 1 heterocycles. The van der Waals surface area contributed by atoms with Crippen molar-refractivity contribution in [2.24, 2.45) is 0 Å². The van der Waals surface area contributed by atoms with Gasteiger partial charge in [0, 0.05) is 25.4 Å². The number of hydrogen-bond acceptors (Lipinski definition) is 2. The minimum atomic E-state index is -0.378. The lowest BCUT2D eigenvalue weighted by atomic mass is 10.1. The van der Waals surface area contributed by atoms with Crippen LogP contribution in [0, 0.1) is 12.3 Å². The van der Waals surface area contributed by atoms with Crippen LogP contribution in [0.5, 0.6) is 0 Å². The monoisotopic (exact) mass is 250 g/mol. The summed E-state index contributed by atoms with van der Waals surface area (Å²) in [6.45, 7) is 4.50. The van der Waals surface area contributed by atoms with Gasteiger partial charge in [0.25, 0.3) is 0 Å². The van der Waals surface area contributed by atoms with Crippen LogP contribution in [0.2, 0.25) is 0 Å². The van der Waals surface area contributed by atoms with Crippen molar-refractivity contribution < 1.29 is 9.59 Å². The van der Waals surface area contributed by atoms with Gasteiger partial charge in [-0.05, 0) is 12.8 Å². The molecular formula is C14H22N2O2. The molecule has 100 valence electrons. The average Bonchev–Trinajstić information content (AvgIpc) is 2.48. The van der Waals surface area contributed by atoms with Crippen LogP contribution in [0.4, 0.5) is 0 Å². The molecule has 1 rings (SSSR count). The number of hydrogen-bond donors (Lipinski definition) is 1. The average molecular weight is 250 g/mol. The third-order valence-corrected chi connectivity index (χ3v) is 3.34. The molecule has 0 spiro atoms. The molecule has 0 aliphatic carbocycles. The van der Waals surface area contributed by atoms with Gasteiger partial charge < -0.3 is 10.2 Å². The highest BCUT2D eigenvalue weighted by atomic mass is 16.2. The molecule has 0 saturated carbocycles. The Labute approximate surface area is 109 Å². The molecule has 0 aromatic rings. The number of rotatable bonds is 5. The van der Waals surface area contributed by atoms with Crippen molar-refractivity contribution in [3.63, 3.8) is 0 Å². The van der Waals surface area contributed by atoms with Crippen LogP contribution in [0.3, 0.4) is 0 Å². The first-order valence-electron chi connectivity index (χ1n) is 6.67. The second kappa shape index (κ2) is 7.05. The Hall–Kier alpha value is -1.50. The number of nitrogens with one attached hydrogen (secondary N) is 1. The van der Waals surface area contributed by atoms with E-state index < -0.39 is 0 Å². The SMILES string of the molecule is C#CCC(CC)N1CCC(=O)NC(CCC)C1=O. The van der Waals surface area contributed by atoms with E-state index in [9.17, 15) is 9.59 Å². The summed E-state index contributed by atoms with van der Waals surface area (Å²) in [7, 11) is 0. The van der Waals surface area contributed by atoms with Gasteiger partial charge in [-0.25, -0.2) is 0 Å². The first-order chi connectivity index (χ1) is 8.63. The maximum Gasteiger partial charge on any atom is 0.245 e. The molecule has 18 heavy (non-hydrogen) atoms. The van der Waals surface area contributed by atoms with Gasteiger partial charge in [-0.1, -0.05) is 20.3 Å². The molecule has 1 aliphatic heterocycles. The molecular weight excluding hydrogens is 228 g/mol. The molecule has 2 amide bonds. The molecule has 1 fully saturated rings. The van der Waals surface area contributed by atoms with Crippen molar-refractivity contribution >= 4 is 11.8 Å². The summed E-state index contributed by atoms with van der Waals surface area (Å²) < 4.78 is 0. The second-order valence-corrected chi connectivity index (χ2v) is 4.66. The Balaban J connectivity index is 2.85. The lowest BCUT2D eigenvalue weighted by molar-refractivity contribution is -0.135. The standard InChI is InChI=1S/C14H22N2O2/c1-4-7-11(6-3)16-10-9-13(17)15-12(8-5-2)14(16)18/h1,11-12H,5-10H2,2-3H3,(H,15,17). The molecule has 2 unspecified atom stereocenters. The highest BCUT2D eigenvalue weighted by Gasteiger charge is 2.32. The molecule has 0 aromatic carbocycles. The van der Waals surface area contributed by atoms with Crippen LogP contribution < -0.4 is 5.32 Å². The second-order valence-electron chi connectivity index (χ2n) is 4.66. The highest BCUT2D eigenvalue weighted by molar-refractivity contribution is 5.90. The Kier molecular flexibility index (Phi) is 5.70. The van der Waals surface area contributed by atoms with Gasteiger partial charge in [-0.2, -0.15) is 0 Å². The van der Waals surface area contributed by atoms with E-state index in [4.69, 9.17) is 6.42 Å². The number of carbonyl (C=O) groups is 2. The Bertz CT molecular complexity index is 346. The molecule has 4 nitrogen and oxygen atoms in total. The summed E-state index contributed by atoms with van der Waals surface area (Å²) in [6.07, 6.45) is 8.65. The predicted molar refractivity (Wildman–Crippen MR) is 70.7 cm³/mol.